The third-order valence-corrected chi connectivity index (χ3v) is 5.00. The quantitative estimate of drug-likeness (QED) is 0.680. The molecule has 0 radical (unpaired) electrons. The Hall–Kier alpha value is -1.95. The van der Waals surface area contributed by atoms with Gasteiger partial charge in [0.1, 0.15) is 10.8 Å². The Morgan fingerprint density at radius 1 is 1.20 bits per heavy atom. The SMILES string of the molecule is Cc1cc(OCCCC(=O)Nc2nnc(C(C)C)s2)ccc1C(C)C. The summed E-state index contributed by atoms with van der Waals surface area (Å²) < 4.78 is 5.75. The molecule has 25 heavy (non-hydrogen) atoms. The van der Waals surface area contributed by atoms with Crippen molar-refractivity contribution in [2.24, 2.45) is 0 Å². The number of rotatable bonds is 8. The summed E-state index contributed by atoms with van der Waals surface area (Å²) in [5.41, 5.74) is 2.58. The van der Waals surface area contributed by atoms with Crippen molar-refractivity contribution in [3.63, 3.8) is 0 Å². The van der Waals surface area contributed by atoms with Crippen molar-refractivity contribution in [3.05, 3.63) is 34.3 Å². The number of hydrogen-bond donors (Lipinski definition) is 1. The molecule has 1 aromatic heterocycles. The van der Waals surface area contributed by atoms with Crippen molar-refractivity contribution in [2.75, 3.05) is 11.9 Å². The number of ether oxygens (including phenoxy) is 1. The van der Waals surface area contributed by atoms with E-state index in [4.69, 9.17) is 4.74 Å². The molecule has 1 aromatic carbocycles. The Kier molecular flexibility index (Phi) is 6.93. The van der Waals surface area contributed by atoms with Gasteiger partial charge in [-0.3, -0.25) is 4.79 Å². The molecule has 1 amide bonds. The molecule has 2 aromatic rings. The first kappa shape index (κ1) is 19.4. The van der Waals surface area contributed by atoms with Crippen LogP contribution in [0.1, 0.15) is 68.5 Å². The van der Waals surface area contributed by atoms with Crippen LogP contribution in [0.3, 0.4) is 0 Å². The highest BCUT2D eigenvalue weighted by Gasteiger charge is 2.10. The standard InChI is InChI=1S/C19H27N3O2S/c1-12(2)16-9-8-15(11-14(16)5)24-10-6-7-17(23)20-19-22-21-18(25-19)13(3)4/h8-9,11-13H,6-7,10H2,1-5H3,(H,20,22,23). The molecular weight excluding hydrogens is 334 g/mol. The first-order valence-electron chi connectivity index (χ1n) is 8.73. The van der Waals surface area contributed by atoms with Crippen LogP contribution in [0.2, 0.25) is 0 Å². The molecule has 1 N–H and O–H groups in total. The minimum Gasteiger partial charge on any atom is -0.494 e. The Bertz CT molecular complexity index is 710. The van der Waals surface area contributed by atoms with E-state index in [1.165, 1.54) is 22.5 Å². The molecule has 0 aliphatic rings. The largest absolute Gasteiger partial charge is 0.494 e. The molecule has 0 spiro atoms. The van der Waals surface area contributed by atoms with E-state index in [0.29, 0.717) is 36.4 Å². The number of nitrogens with one attached hydrogen (secondary N) is 1. The van der Waals surface area contributed by atoms with Crippen LogP contribution in [0.5, 0.6) is 5.75 Å². The normalized spacial score (nSPS) is 11.2. The van der Waals surface area contributed by atoms with Crippen LogP contribution in [-0.2, 0) is 4.79 Å². The molecule has 136 valence electrons. The minimum absolute atomic E-state index is 0.0543. The van der Waals surface area contributed by atoms with Gasteiger partial charge in [0.15, 0.2) is 0 Å². The summed E-state index contributed by atoms with van der Waals surface area (Å²) in [5, 5.41) is 12.3. The predicted octanol–water partition coefficient (Wildman–Crippen LogP) is 4.89. The third-order valence-electron chi connectivity index (χ3n) is 3.86. The molecule has 0 unspecified atom stereocenters. The van der Waals surface area contributed by atoms with Gasteiger partial charge in [0.05, 0.1) is 6.61 Å². The summed E-state index contributed by atoms with van der Waals surface area (Å²) in [5.74, 6) is 1.63. The monoisotopic (exact) mass is 361 g/mol. The molecule has 0 aliphatic heterocycles. The second kappa shape index (κ2) is 8.94. The first-order valence-corrected chi connectivity index (χ1v) is 9.55. The van der Waals surface area contributed by atoms with E-state index in [1.807, 2.05) is 6.07 Å². The second-order valence-electron chi connectivity index (χ2n) is 6.77. The number of aromatic nitrogens is 2. The summed E-state index contributed by atoms with van der Waals surface area (Å²) in [6.07, 6.45) is 1.06. The van der Waals surface area contributed by atoms with E-state index >= 15 is 0 Å². The van der Waals surface area contributed by atoms with Crippen molar-refractivity contribution in [3.8, 4) is 5.75 Å². The Labute approximate surface area is 153 Å². The highest BCUT2D eigenvalue weighted by molar-refractivity contribution is 7.15. The van der Waals surface area contributed by atoms with Crippen molar-refractivity contribution >= 4 is 22.4 Å². The molecule has 5 nitrogen and oxygen atoms in total. The van der Waals surface area contributed by atoms with Crippen LogP contribution in [0, 0.1) is 6.92 Å². The average Bonchev–Trinajstić information content (AvgIpc) is 3.00. The molecule has 2 rings (SSSR count). The van der Waals surface area contributed by atoms with Gasteiger partial charge in [-0.2, -0.15) is 0 Å². The average molecular weight is 362 g/mol. The lowest BCUT2D eigenvalue weighted by Gasteiger charge is -2.12. The van der Waals surface area contributed by atoms with E-state index < -0.39 is 0 Å². The number of carbonyl (C=O) groups is 1. The summed E-state index contributed by atoms with van der Waals surface area (Å²) >= 11 is 1.43. The van der Waals surface area contributed by atoms with Gasteiger partial charge in [0.2, 0.25) is 11.0 Å². The second-order valence-corrected chi connectivity index (χ2v) is 7.78. The van der Waals surface area contributed by atoms with Gasteiger partial charge < -0.3 is 10.1 Å². The number of hydrogen-bond acceptors (Lipinski definition) is 5. The fourth-order valence-electron chi connectivity index (χ4n) is 2.51. The number of benzene rings is 1. The van der Waals surface area contributed by atoms with Crippen LogP contribution in [-0.4, -0.2) is 22.7 Å². The molecule has 0 saturated heterocycles. The molecule has 0 fully saturated rings. The van der Waals surface area contributed by atoms with Gasteiger partial charge in [-0.25, -0.2) is 0 Å². The van der Waals surface area contributed by atoms with E-state index in [9.17, 15) is 4.79 Å². The predicted molar refractivity (Wildman–Crippen MR) is 103 cm³/mol. The highest BCUT2D eigenvalue weighted by atomic mass is 32.1. The van der Waals surface area contributed by atoms with Gasteiger partial charge in [-0.05, 0) is 42.5 Å². The zero-order chi connectivity index (χ0) is 18.4. The summed E-state index contributed by atoms with van der Waals surface area (Å²) in [4.78, 5) is 11.9. The van der Waals surface area contributed by atoms with Crippen molar-refractivity contribution < 1.29 is 9.53 Å². The topological polar surface area (TPSA) is 64.1 Å². The molecule has 1 heterocycles. The van der Waals surface area contributed by atoms with E-state index in [0.717, 1.165) is 10.8 Å². The third kappa shape index (κ3) is 5.81. The van der Waals surface area contributed by atoms with Crippen molar-refractivity contribution in [1.29, 1.82) is 0 Å². The first-order chi connectivity index (χ1) is 11.9. The molecule has 0 atom stereocenters. The van der Waals surface area contributed by atoms with Gasteiger partial charge in [-0.1, -0.05) is 45.1 Å². The molecule has 6 heteroatoms. The Morgan fingerprint density at radius 2 is 1.96 bits per heavy atom. The van der Waals surface area contributed by atoms with Crippen LogP contribution < -0.4 is 10.1 Å². The van der Waals surface area contributed by atoms with Gasteiger partial charge in [0.25, 0.3) is 0 Å². The lowest BCUT2D eigenvalue weighted by molar-refractivity contribution is -0.116. The lowest BCUT2D eigenvalue weighted by atomic mass is 9.98. The summed E-state index contributed by atoms with van der Waals surface area (Å²) in [7, 11) is 0. The zero-order valence-corrected chi connectivity index (χ0v) is 16.4. The zero-order valence-electron chi connectivity index (χ0n) is 15.6. The number of anilines is 1. The molecule has 0 saturated carbocycles. The van der Waals surface area contributed by atoms with E-state index in [1.54, 1.807) is 0 Å². The number of nitrogens with zero attached hydrogens (tertiary/aromatic N) is 2. The molecule has 0 aliphatic carbocycles. The van der Waals surface area contributed by atoms with Crippen molar-refractivity contribution in [1.82, 2.24) is 10.2 Å². The Morgan fingerprint density at radius 3 is 2.56 bits per heavy atom. The summed E-state index contributed by atoms with van der Waals surface area (Å²) in [6.45, 7) is 11.1. The molecular formula is C19H27N3O2S. The van der Waals surface area contributed by atoms with Crippen LogP contribution in [0.15, 0.2) is 18.2 Å². The minimum atomic E-state index is -0.0543. The number of carbonyl (C=O) groups excluding carboxylic acids is 1. The molecule has 0 bridgehead atoms. The van der Waals surface area contributed by atoms with E-state index in [2.05, 4.69) is 62.3 Å². The van der Waals surface area contributed by atoms with Crippen LogP contribution in [0.4, 0.5) is 5.13 Å². The van der Waals surface area contributed by atoms with E-state index in [-0.39, 0.29) is 5.91 Å². The number of amides is 1. The fourth-order valence-corrected chi connectivity index (χ4v) is 3.27. The van der Waals surface area contributed by atoms with Gasteiger partial charge >= 0.3 is 0 Å². The fraction of sp³-hybridized carbons (Fsp3) is 0.526. The maximum atomic E-state index is 11.9. The maximum absolute atomic E-state index is 11.9. The van der Waals surface area contributed by atoms with Gasteiger partial charge in [-0.15, -0.1) is 10.2 Å². The lowest BCUT2D eigenvalue weighted by Crippen LogP contribution is -2.12. The van der Waals surface area contributed by atoms with Crippen LogP contribution >= 0.6 is 11.3 Å². The van der Waals surface area contributed by atoms with Crippen LogP contribution in [0.25, 0.3) is 0 Å². The summed E-state index contributed by atoms with van der Waals surface area (Å²) in [6, 6.07) is 6.17. The smallest absolute Gasteiger partial charge is 0.226 e. The Balaban J connectivity index is 1.73. The number of aryl methyl sites for hydroxylation is 1. The van der Waals surface area contributed by atoms with Crippen molar-refractivity contribution in [2.45, 2.75) is 59.3 Å². The maximum Gasteiger partial charge on any atom is 0.226 e. The highest BCUT2D eigenvalue weighted by Crippen LogP contribution is 2.24. The van der Waals surface area contributed by atoms with Gasteiger partial charge in [0, 0.05) is 12.3 Å².